The van der Waals surface area contributed by atoms with E-state index in [-0.39, 0.29) is 0 Å². The van der Waals surface area contributed by atoms with Gasteiger partial charge >= 0.3 is 6.03 Å². The predicted octanol–water partition coefficient (Wildman–Crippen LogP) is 1.48. The lowest BCUT2D eigenvalue weighted by atomic mass is 10.00. The van der Waals surface area contributed by atoms with E-state index in [1.807, 2.05) is 12.1 Å². The molecule has 1 aliphatic heterocycles. The van der Waals surface area contributed by atoms with E-state index in [1.54, 1.807) is 26.2 Å². The summed E-state index contributed by atoms with van der Waals surface area (Å²) in [5.74, 6) is -1.83. The van der Waals surface area contributed by atoms with Gasteiger partial charge in [0.05, 0.1) is 12.3 Å². The molecule has 1 saturated heterocycles. The summed E-state index contributed by atoms with van der Waals surface area (Å²) in [6, 6.07) is 6.43. The fourth-order valence-electron chi connectivity index (χ4n) is 2.36. The monoisotopic (exact) mass is 290 g/mol. The van der Waals surface area contributed by atoms with Crippen LogP contribution in [-0.2, 0) is 20.7 Å². The number of para-hydroxylation sites is 1. The number of hydrogen-bond donors (Lipinski definition) is 1. The number of methoxy groups -OCH3 is 1. The summed E-state index contributed by atoms with van der Waals surface area (Å²) in [7, 11) is 1.59. The zero-order valence-corrected chi connectivity index (χ0v) is 12.1. The molecule has 1 atom stereocenters. The van der Waals surface area contributed by atoms with Crippen molar-refractivity contribution in [1.82, 2.24) is 5.32 Å². The molecule has 1 aromatic rings. The zero-order valence-electron chi connectivity index (χ0n) is 12.1. The molecule has 0 bridgehead atoms. The van der Waals surface area contributed by atoms with E-state index in [1.165, 1.54) is 0 Å². The fourth-order valence-corrected chi connectivity index (χ4v) is 2.36. The molecule has 0 radical (unpaired) electrons. The Morgan fingerprint density at radius 3 is 2.62 bits per heavy atom. The minimum absolute atomic E-state index is 0.356. The second-order valence-electron chi connectivity index (χ2n) is 4.80. The van der Waals surface area contributed by atoms with Gasteiger partial charge in [0.2, 0.25) is 11.8 Å². The maximum atomic E-state index is 12.4. The molecule has 1 unspecified atom stereocenters. The summed E-state index contributed by atoms with van der Waals surface area (Å²) in [6.45, 7) is 2.23. The van der Waals surface area contributed by atoms with Crippen molar-refractivity contribution in [2.24, 2.45) is 5.92 Å². The van der Waals surface area contributed by atoms with Crippen LogP contribution < -0.4 is 10.2 Å². The number of urea groups is 1. The van der Waals surface area contributed by atoms with Gasteiger partial charge in [0, 0.05) is 7.11 Å². The Hall–Kier alpha value is -2.21. The Kier molecular flexibility index (Phi) is 4.70. The highest BCUT2D eigenvalue weighted by molar-refractivity contribution is 6.27. The summed E-state index contributed by atoms with van der Waals surface area (Å²) in [5.41, 5.74) is 1.33. The maximum absolute atomic E-state index is 12.4. The number of amides is 4. The first-order chi connectivity index (χ1) is 10.1. The van der Waals surface area contributed by atoms with Gasteiger partial charge in [-0.3, -0.25) is 14.9 Å². The van der Waals surface area contributed by atoms with E-state index in [0.717, 1.165) is 10.5 Å². The Balaban J connectivity index is 2.37. The molecular weight excluding hydrogens is 272 g/mol. The third kappa shape index (κ3) is 2.95. The summed E-state index contributed by atoms with van der Waals surface area (Å²) >= 11 is 0. The van der Waals surface area contributed by atoms with Crippen molar-refractivity contribution >= 4 is 23.5 Å². The first-order valence-electron chi connectivity index (χ1n) is 6.85. The van der Waals surface area contributed by atoms with Gasteiger partial charge in [0.15, 0.2) is 0 Å². The second-order valence-corrected chi connectivity index (χ2v) is 4.80. The van der Waals surface area contributed by atoms with Crippen LogP contribution in [0.1, 0.15) is 18.9 Å². The lowest BCUT2D eigenvalue weighted by Crippen LogP contribution is -2.58. The van der Waals surface area contributed by atoms with Gasteiger partial charge in [-0.05, 0) is 24.5 Å². The lowest BCUT2D eigenvalue weighted by Gasteiger charge is -2.30. The molecular formula is C15H18N2O4. The number of nitrogens with zero attached hydrogens (tertiary/aromatic N) is 1. The van der Waals surface area contributed by atoms with Gasteiger partial charge in [-0.1, -0.05) is 25.1 Å². The number of anilines is 1. The third-order valence-corrected chi connectivity index (χ3v) is 3.48. The van der Waals surface area contributed by atoms with Crippen LogP contribution in [0.4, 0.5) is 10.5 Å². The average Bonchev–Trinajstić information content (AvgIpc) is 2.46. The summed E-state index contributed by atoms with van der Waals surface area (Å²) < 4.78 is 5.04. The molecule has 2 rings (SSSR count). The standard InChI is InChI=1S/C15H18N2O4/c1-3-11-13(18)16-15(20)17(14(11)19)12-7-5-4-6-10(12)8-9-21-2/h4-7,11H,3,8-9H2,1-2H3,(H,16,18,20). The van der Waals surface area contributed by atoms with E-state index in [0.29, 0.717) is 25.1 Å². The summed E-state index contributed by atoms with van der Waals surface area (Å²) in [5, 5.41) is 2.24. The van der Waals surface area contributed by atoms with Gasteiger partial charge in [-0.25, -0.2) is 9.69 Å². The Morgan fingerprint density at radius 2 is 1.95 bits per heavy atom. The molecule has 112 valence electrons. The first-order valence-corrected chi connectivity index (χ1v) is 6.85. The average molecular weight is 290 g/mol. The highest BCUT2D eigenvalue weighted by Gasteiger charge is 2.40. The van der Waals surface area contributed by atoms with Crippen LogP contribution in [0.3, 0.4) is 0 Å². The number of benzene rings is 1. The van der Waals surface area contributed by atoms with Crippen molar-refractivity contribution in [2.75, 3.05) is 18.6 Å². The van der Waals surface area contributed by atoms with Crippen molar-refractivity contribution in [1.29, 1.82) is 0 Å². The highest BCUT2D eigenvalue weighted by Crippen LogP contribution is 2.26. The molecule has 1 N–H and O–H groups in total. The van der Waals surface area contributed by atoms with Crippen molar-refractivity contribution < 1.29 is 19.1 Å². The molecule has 0 saturated carbocycles. The number of carbonyl (C=O) groups excluding carboxylic acids is 3. The smallest absolute Gasteiger partial charge is 0.335 e. The first kappa shape index (κ1) is 15.2. The number of nitrogens with one attached hydrogen (secondary N) is 1. The Labute approximate surface area is 123 Å². The van der Waals surface area contributed by atoms with Gasteiger partial charge in [-0.2, -0.15) is 0 Å². The number of carbonyl (C=O) groups is 3. The van der Waals surface area contributed by atoms with Crippen LogP contribution in [0, 0.1) is 5.92 Å². The molecule has 1 fully saturated rings. The number of rotatable bonds is 5. The molecule has 0 aromatic heterocycles. The molecule has 1 heterocycles. The van der Waals surface area contributed by atoms with Crippen LogP contribution in [0.15, 0.2) is 24.3 Å². The van der Waals surface area contributed by atoms with Gasteiger partial charge in [0.25, 0.3) is 0 Å². The van der Waals surface area contributed by atoms with E-state index in [2.05, 4.69) is 5.32 Å². The van der Waals surface area contributed by atoms with Crippen LogP contribution in [0.5, 0.6) is 0 Å². The van der Waals surface area contributed by atoms with E-state index >= 15 is 0 Å². The van der Waals surface area contributed by atoms with Crippen LogP contribution in [0.2, 0.25) is 0 Å². The van der Waals surface area contributed by atoms with E-state index in [9.17, 15) is 14.4 Å². The molecule has 4 amide bonds. The molecule has 0 spiro atoms. The predicted molar refractivity (Wildman–Crippen MR) is 76.8 cm³/mol. The molecule has 1 aromatic carbocycles. The minimum Gasteiger partial charge on any atom is -0.384 e. The van der Waals surface area contributed by atoms with Crippen molar-refractivity contribution in [2.45, 2.75) is 19.8 Å². The number of imide groups is 2. The van der Waals surface area contributed by atoms with Gasteiger partial charge < -0.3 is 4.74 Å². The molecule has 6 heteroatoms. The molecule has 0 aliphatic carbocycles. The number of ether oxygens (including phenoxy) is 1. The number of hydrogen-bond acceptors (Lipinski definition) is 4. The topological polar surface area (TPSA) is 75.7 Å². The Morgan fingerprint density at radius 1 is 1.24 bits per heavy atom. The fraction of sp³-hybridized carbons (Fsp3) is 0.400. The molecule has 1 aliphatic rings. The minimum atomic E-state index is -0.821. The van der Waals surface area contributed by atoms with Crippen molar-refractivity contribution in [3.05, 3.63) is 29.8 Å². The Bertz CT molecular complexity index is 571. The van der Waals surface area contributed by atoms with Crippen LogP contribution in [0.25, 0.3) is 0 Å². The van der Waals surface area contributed by atoms with E-state index in [4.69, 9.17) is 4.74 Å². The largest absolute Gasteiger partial charge is 0.384 e. The maximum Gasteiger partial charge on any atom is 0.335 e. The van der Waals surface area contributed by atoms with E-state index < -0.39 is 23.8 Å². The van der Waals surface area contributed by atoms with Crippen molar-refractivity contribution in [3.8, 4) is 0 Å². The van der Waals surface area contributed by atoms with Gasteiger partial charge in [-0.15, -0.1) is 0 Å². The second kappa shape index (κ2) is 6.49. The normalized spacial score (nSPS) is 18.9. The number of barbiturate groups is 1. The van der Waals surface area contributed by atoms with Crippen molar-refractivity contribution in [3.63, 3.8) is 0 Å². The summed E-state index contributed by atoms with van der Waals surface area (Å²) in [6.07, 6.45) is 0.934. The zero-order chi connectivity index (χ0) is 15.4. The quantitative estimate of drug-likeness (QED) is 0.833. The summed E-state index contributed by atoms with van der Waals surface area (Å²) in [4.78, 5) is 37.2. The molecule has 6 nitrogen and oxygen atoms in total. The third-order valence-electron chi connectivity index (χ3n) is 3.48. The highest BCUT2D eigenvalue weighted by atomic mass is 16.5. The molecule has 21 heavy (non-hydrogen) atoms. The van der Waals surface area contributed by atoms with Crippen LogP contribution >= 0.6 is 0 Å². The SMILES string of the molecule is CCC1C(=O)NC(=O)N(c2ccccc2CCOC)C1=O. The lowest BCUT2D eigenvalue weighted by molar-refractivity contribution is -0.134. The van der Waals surface area contributed by atoms with Gasteiger partial charge in [0.1, 0.15) is 5.92 Å². The van der Waals surface area contributed by atoms with Crippen LogP contribution in [-0.4, -0.2) is 31.6 Å².